The monoisotopic (exact) mass is 97.1 g/mol. The van der Waals surface area contributed by atoms with Crippen molar-refractivity contribution in [3.05, 3.63) is 12.2 Å². The fourth-order valence-electron chi connectivity index (χ4n) is 0.590. The van der Waals surface area contributed by atoms with Crippen LogP contribution < -0.4 is 5.32 Å². The molecular formula is C6H11N. The second kappa shape index (κ2) is 1.66. The van der Waals surface area contributed by atoms with Gasteiger partial charge in [-0.2, -0.15) is 0 Å². The van der Waals surface area contributed by atoms with E-state index in [4.69, 9.17) is 0 Å². The lowest BCUT2D eigenvalue weighted by Crippen LogP contribution is -2.23. The van der Waals surface area contributed by atoms with Crippen LogP contribution in [0.1, 0.15) is 6.92 Å². The van der Waals surface area contributed by atoms with Crippen LogP contribution in [0, 0.1) is 5.92 Å². The highest BCUT2D eigenvalue weighted by atomic mass is 14.9. The highest BCUT2D eigenvalue weighted by Gasteiger charge is 2.16. The molecule has 0 saturated carbocycles. The number of rotatable bonds is 2. The molecule has 0 aliphatic heterocycles. The quantitative estimate of drug-likeness (QED) is 0.502. The van der Waals surface area contributed by atoms with Gasteiger partial charge in [0.1, 0.15) is 0 Å². The SMILES string of the molecule is CNC(C)C1C=C1. The molecule has 40 valence electrons. The van der Waals surface area contributed by atoms with Gasteiger partial charge in [0, 0.05) is 12.0 Å². The van der Waals surface area contributed by atoms with Crippen molar-refractivity contribution < 1.29 is 0 Å². The zero-order valence-electron chi connectivity index (χ0n) is 4.81. The molecule has 1 aliphatic rings. The second-order valence-electron chi connectivity index (χ2n) is 2.04. The van der Waals surface area contributed by atoms with Gasteiger partial charge in [-0.1, -0.05) is 12.2 Å². The Labute approximate surface area is 44.4 Å². The van der Waals surface area contributed by atoms with Crippen molar-refractivity contribution in [2.75, 3.05) is 7.05 Å². The van der Waals surface area contributed by atoms with E-state index in [0.29, 0.717) is 6.04 Å². The molecule has 1 unspecified atom stereocenters. The molecule has 0 heterocycles. The van der Waals surface area contributed by atoms with Gasteiger partial charge in [-0.3, -0.25) is 0 Å². The minimum atomic E-state index is 0.653. The van der Waals surface area contributed by atoms with Crippen LogP contribution in [-0.4, -0.2) is 13.1 Å². The minimum Gasteiger partial charge on any atom is -0.316 e. The van der Waals surface area contributed by atoms with Crippen LogP contribution in [0.15, 0.2) is 12.2 Å². The number of hydrogen-bond donors (Lipinski definition) is 1. The van der Waals surface area contributed by atoms with E-state index in [1.54, 1.807) is 0 Å². The minimum absolute atomic E-state index is 0.653. The van der Waals surface area contributed by atoms with Gasteiger partial charge in [0.2, 0.25) is 0 Å². The van der Waals surface area contributed by atoms with E-state index in [1.807, 2.05) is 7.05 Å². The summed E-state index contributed by atoms with van der Waals surface area (Å²) in [5.41, 5.74) is 0. The summed E-state index contributed by atoms with van der Waals surface area (Å²) in [6, 6.07) is 0.653. The fraction of sp³-hybridized carbons (Fsp3) is 0.667. The Morgan fingerprint density at radius 1 is 1.57 bits per heavy atom. The molecule has 0 saturated heterocycles. The largest absolute Gasteiger partial charge is 0.316 e. The lowest BCUT2D eigenvalue weighted by molar-refractivity contribution is 0.574. The highest BCUT2D eigenvalue weighted by Crippen LogP contribution is 2.19. The Bertz CT molecular complexity index is 80.2. The van der Waals surface area contributed by atoms with Gasteiger partial charge < -0.3 is 5.32 Å². The third-order valence-corrected chi connectivity index (χ3v) is 1.45. The van der Waals surface area contributed by atoms with E-state index in [1.165, 1.54) is 0 Å². The van der Waals surface area contributed by atoms with Crippen molar-refractivity contribution in [3.8, 4) is 0 Å². The topological polar surface area (TPSA) is 12.0 Å². The van der Waals surface area contributed by atoms with E-state index >= 15 is 0 Å². The van der Waals surface area contributed by atoms with Gasteiger partial charge in [-0.25, -0.2) is 0 Å². The molecule has 1 nitrogen and oxygen atoms in total. The van der Waals surface area contributed by atoms with Crippen LogP contribution in [0.25, 0.3) is 0 Å². The van der Waals surface area contributed by atoms with Crippen molar-refractivity contribution >= 4 is 0 Å². The maximum atomic E-state index is 3.16. The van der Waals surface area contributed by atoms with Gasteiger partial charge in [-0.05, 0) is 14.0 Å². The average Bonchev–Trinajstić information content (AvgIpc) is 2.44. The number of hydrogen-bond acceptors (Lipinski definition) is 1. The molecule has 0 amide bonds. The summed E-state index contributed by atoms with van der Waals surface area (Å²) < 4.78 is 0. The first-order valence-corrected chi connectivity index (χ1v) is 2.70. The van der Waals surface area contributed by atoms with Crippen molar-refractivity contribution in [1.82, 2.24) is 5.32 Å². The molecular weight excluding hydrogens is 86.1 g/mol. The molecule has 0 aromatic rings. The summed E-state index contributed by atoms with van der Waals surface area (Å²) in [4.78, 5) is 0. The van der Waals surface area contributed by atoms with Gasteiger partial charge in [0.05, 0.1) is 0 Å². The predicted molar refractivity (Wildman–Crippen MR) is 31.2 cm³/mol. The summed E-state index contributed by atoms with van der Waals surface area (Å²) in [6.45, 7) is 2.19. The predicted octanol–water partition coefficient (Wildman–Crippen LogP) is 0.780. The van der Waals surface area contributed by atoms with Crippen LogP contribution in [0.3, 0.4) is 0 Å². The zero-order chi connectivity index (χ0) is 5.28. The lowest BCUT2D eigenvalue weighted by Gasteiger charge is -2.05. The Morgan fingerprint density at radius 3 is 2.29 bits per heavy atom. The molecule has 0 aromatic carbocycles. The lowest BCUT2D eigenvalue weighted by atomic mass is 10.2. The Morgan fingerprint density at radius 2 is 2.14 bits per heavy atom. The number of nitrogens with one attached hydrogen (secondary N) is 1. The first kappa shape index (κ1) is 4.85. The Balaban J connectivity index is 2.12. The Hall–Kier alpha value is -0.300. The maximum Gasteiger partial charge on any atom is 0.0133 e. The third-order valence-electron chi connectivity index (χ3n) is 1.45. The van der Waals surface area contributed by atoms with Crippen LogP contribution in [0.5, 0.6) is 0 Å². The maximum absolute atomic E-state index is 3.16. The summed E-state index contributed by atoms with van der Waals surface area (Å²) in [6.07, 6.45) is 4.42. The summed E-state index contributed by atoms with van der Waals surface area (Å²) in [5, 5.41) is 3.16. The van der Waals surface area contributed by atoms with E-state index in [-0.39, 0.29) is 0 Å². The molecule has 0 bridgehead atoms. The average molecular weight is 97.2 g/mol. The van der Waals surface area contributed by atoms with E-state index in [9.17, 15) is 0 Å². The van der Waals surface area contributed by atoms with Crippen LogP contribution >= 0.6 is 0 Å². The smallest absolute Gasteiger partial charge is 0.0133 e. The molecule has 7 heavy (non-hydrogen) atoms. The summed E-state index contributed by atoms with van der Waals surface area (Å²) in [5.74, 6) is 0.755. The van der Waals surface area contributed by atoms with Gasteiger partial charge in [0.15, 0.2) is 0 Å². The van der Waals surface area contributed by atoms with Gasteiger partial charge in [0.25, 0.3) is 0 Å². The highest BCUT2D eigenvalue weighted by molar-refractivity contribution is 5.16. The molecule has 1 aliphatic carbocycles. The van der Waals surface area contributed by atoms with Crippen LogP contribution in [0.4, 0.5) is 0 Å². The Kier molecular flexibility index (Phi) is 1.15. The molecule has 0 radical (unpaired) electrons. The third kappa shape index (κ3) is 1.03. The molecule has 0 fully saturated rings. The fourth-order valence-corrected chi connectivity index (χ4v) is 0.590. The molecule has 0 spiro atoms. The molecule has 1 atom stereocenters. The molecule has 1 rings (SSSR count). The van der Waals surface area contributed by atoms with Gasteiger partial charge in [-0.15, -0.1) is 0 Å². The van der Waals surface area contributed by atoms with E-state index in [2.05, 4.69) is 24.4 Å². The normalized spacial score (nSPS) is 22.6. The zero-order valence-corrected chi connectivity index (χ0v) is 4.81. The van der Waals surface area contributed by atoms with Crippen molar-refractivity contribution in [3.63, 3.8) is 0 Å². The van der Waals surface area contributed by atoms with Gasteiger partial charge >= 0.3 is 0 Å². The van der Waals surface area contributed by atoms with Crippen molar-refractivity contribution in [2.45, 2.75) is 13.0 Å². The second-order valence-corrected chi connectivity index (χ2v) is 2.04. The molecule has 0 aromatic heterocycles. The van der Waals surface area contributed by atoms with E-state index < -0.39 is 0 Å². The summed E-state index contributed by atoms with van der Waals surface area (Å²) >= 11 is 0. The first-order chi connectivity index (χ1) is 3.34. The molecule has 1 heteroatoms. The standard InChI is InChI=1S/C6H11N/c1-5(7-2)6-3-4-6/h3-7H,1-2H3. The molecule has 1 N–H and O–H groups in total. The van der Waals surface area contributed by atoms with Crippen LogP contribution in [0.2, 0.25) is 0 Å². The van der Waals surface area contributed by atoms with Crippen LogP contribution in [-0.2, 0) is 0 Å². The first-order valence-electron chi connectivity index (χ1n) is 2.70. The van der Waals surface area contributed by atoms with E-state index in [0.717, 1.165) is 5.92 Å². The summed E-state index contributed by atoms with van der Waals surface area (Å²) in [7, 11) is 1.99. The van der Waals surface area contributed by atoms with Crippen molar-refractivity contribution in [2.24, 2.45) is 5.92 Å². The van der Waals surface area contributed by atoms with Crippen molar-refractivity contribution in [1.29, 1.82) is 0 Å².